The third kappa shape index (κ3) is 3.72. The fourth-order valence-corrected chi connectivity index (χ4v) is 3.24. The number of carbonyl (C=O) groups excluding carboxylic acids is 2. The predicted molar refractivity (Wildman–Crippen MR) is 88.6 cm³/mol. The van der Waals surface area contributed by atoms with Gasteiger partial charge in [-0.1, -0.05) is 30.3 Å². The van der Waals surface area contributed by atoms with Gasteiger partial charge in [-0.15, -0.1) is 0 Å². The van der Waals surface area contributed by atoms with Gasteiger partial charge in [0.25, 0.3) is 0 Å². The molecule has 0 radical (unpaired) electrons. The molecule has 1 aromatic carbocycles. The molecule has 2 fully saturated rings. The molecule has 0 spiro atoms. The van der Waals surface area contributed by atoms with Crippen molar-refractivity contribution in [2.24, 2.45) is 11.7 Å². The molecule has 5 heteroatoms. The fourth-order valence-electron chi connectivity index (χ4n) is 3.24. The first-order chi connectivity index (χ1) is 11.1. The van der Waals surface area contributed by atoms with Gasteiger partial charge >= 0.3 is 0 Å². The molecule has 1 heterocycles. The molecule has 1 saturated heterocycles. The number of hydrogen-bond acceptors (Lipinski definition) is 3. The van der Waals surface area contributed by atoms with Crippen molar-refractivity contribution >= 4 is 11.8 Å². The molecular weight excluding hydrogens is 290 g/mol. The molecule has 0 bridgehead atoms. The molecule has 2 N–H and O–H groups in total. The van der Waals surface area contributed by atoms with E-state index in [0.29, 0.717) is 26.1 Å². The second-order valence-electron chi connectivity index (χ2n) is 6.74. The minimum atomic E-state index is -0.518. The second-order valence-corrected chi connectivity index (χ2v) is 6.74. The Labute approximate surface area is 137 Å². The number of nitrogens with two attached hydrogens (primary N) is 1. The SMILES string of the molecule is C[C@@H]1CN(C(=O)[C@@H](N)Cc2ccccc2)CCN1C(=O)C1CC1. The lowest BCUT2D eigenvalue weighted by Crippen LogP contribution is -2.58. The zero-order valence-corrected chi connectivity index (χ0v) is 13.6. The van der Waals surface area contributed by atoms with Crippen LogP contribution in [0.25, 0.3) is 0 Å². The molecule has 1 saturated carbocycles. The summed E-state index contributed by atoms with van der Waals surface area (Å²) >= 11 is 0. The third-order valence-electron chi connectivity index (χ3n) is 4.76. The van der Waals surface area contributed by atoms with Crippen LogP contribution in [-0.4, -0.2) is 53.3 Å². The molecule has 1 aliphatic carbocycles. The Morgan fingerprint density at radius 2 is 1.91 bits per heavy atom. The molecular formula is C18H25N3O2. The van der Waals surface area contributed by atoms with E-state index in [1.165, 1.54) is 0 Å². The van der Waals surface area contributed by atoms with Crippen LogP contribution in [-0.2, 0) is 16.0 Å². The normalized spacial score (nSPS) is 22.8. The van der Waals surface area contributed by atoms with E-state index in [1.54, 1.807) is 0 Å². The molecule has 5 nitrogen and oxygen atoms in total. The van der Waals surface area contributed by atoms with Crippen molar-refractivity contribution in [3.8, 4) is 0 Å². The van der Waals surface area contributed by atoms with Gasteiger partial charge in [-0.3, -0.25) is 9.59 Å². The van der Waals surface area contributed by atoms with Crippen LogP contribution in [0, 0.1) is 5.92 Å². The lowest BCUT2D eigenvalue weighted by molar-refractivity contribution is -0.143. The molecule has 2 amide bonds. The molecule has 1 aromatic rings. The van der Waals surface area contributed by atoms with Crippen LogP contribution in [0.15, 0.2) is 30.3 Å². The highest BCUT2D eigenvalue weighted by atomic mass is 16.2. The largest absolute Gasteiger partial charge is 0.338 e. The van der Waals surface area contributed by atoms with Gasteiger partial charge in [0, 0.05) is 31.6 Å². The minimum Gasteiger partial charge on any atom is -0.338 e. The molecule has 23 heavy (non-hydrogen) atoms. The molecule has 2 atom stereocenters. The second kappa shape index (κ2) is 6.71. The smallest absolute Gasteiger partial charge is 0.239 e. The van der Waals surface area contributed by atoms with Crippen molar-refractivity contribution in [2.45, 2.75) is 38.3 Å². The average molecular weight is 315 g/mol. The summed E-state index contributed by atoms with van der Waals surface area (Å²) in [5, 5.41) is 0. The Morgan fingerprint density at radius 1 is 1.22 bits per heavy atom. The van der Waals surface area contributed by atoms with E-state index in [1.807, 2.05) is 47.1 Å². The zero-order valence-electron chi connectivity index (χ0n) is 13.6. The van der Waals surface area contributed by atoms with Gasteiger partial charge in [0.05, 0.1) is 6.04 Å². The monoisotopic (exact) mass is 315 g/mol. The first kappa shape index (κ1) is 16.0. The summed E-state index contributed by atoms with van der Waals surface area (Å²) in [5.41, 5.74) is 7.18. The first-order valence-corrected chi connectivity index (χ1v) is 8.45. The van der Waals surface area contributed by atoms with Crippen LogP contribution in [0.3, 0.4) is 0 Å². The van der Waals surface area contributed by atoms with Crippen molar-refractivity contribution in [2.75, 3.05) is 19.6 Å². The van der Waals surface area contributed by atoms with Gasteiger partial charge in [-0.05, 0) is 31.7 Å². The Hall–Kier alpha value is -1.88. The number of amides is 2. The molecule has 0 unspecified atom stereocenters. The highest BCUT2D eigenvalue weighted by Gasteiger charge is 2.38. The lowest BCUT2D eigenvalue weighted by atomic mass is 10.0. The van der Waals surface area contributed by atoms with Crippen molar-refractivity contribution in [3.05, 3.63) is 35.9 Å². The number of rotatable bonds is 4. The molecule has 3 rings (SSSR count). The minimum absolute atomic E-state index is 0.0146. The summed E-state index contributed by atoms with van der Waals surface area (Å²) in [7, 11) is 0. The maximum atomic E-state index is 12.6. The topological polar surface area (TPSA) is 66.6 Å². The Kier molecular flexibility index (Phi) is 4.66. The maximum absolute atomic E-state index is 12.6. The van der Waals surface area contributed by atoms with Crippen molar-refractivity contribution < 1.29 is 9.59 Å². The van der Waals surface area contributed by atoms with Gasteiger partial charge in [0.2, 0.25) is 11.8 Å². The van der Waals surface area contributed by atoms with E-state index in [0.717, 1.165) is 18.4 Å². The van der Waals surface area contributed by atoms with Gasteiger partial charge in [0.15, 0.2) is 0 Å². The van der Waals surface area contributed by atoms with Gasteiger partial charge in [-0.2, -0.15) is 0 Å². The number of nitrogens with zero attached hydrogens (tertiary/aromatic N) is 2. The standard InChI is InChI=1S/C18H25N3O2/c1-13-12-20(9-10-21(13)17(22)15-7-8-15)18(23)16(19)11-14-5-3-2-4-6-14/h2-6,13,15-16H,7-12,19H2,1H3/t13-,16+/m1/s1. The lowest BCUT2D eigenvalue weighted by Gasteiger charge is -2.40. The first-order valence-electron chi connectivity index (χ1n) is 8.45. The number of benzene rings is 1. The summed E-state index contributed by atoms with van der Waals surface area (Å²) in [6.07, 6.45) is 2.59. The van der Waals surface area contributed by atoms with E-state index in [4.69, 9.17) is 5.73 Å². The van der Waals surface area contributed by atoms with Crippen LogP contribution in [0.4, 0.5) is 0 Å². The van der Waals surface area contributed by atoms with Crippen molar-refractivity contribution in [3.63, 3.8) is 0 Å². The number of carbonyl (C=O) groups is 2. The molecule has 124 valence electrons. The van der Waals surface area contributed by atoms with E-state index in [-0.39, 0.29) is 23.8 Å². The molecule has 0 aromatic heterocycles. The van der Waals surface area contributed by atoms with Crippen LogP contribution in [0.1, 0.15) is 25.3 Å². The highest BCUT2D eigenvalue weighted by Crippen LogP contribution is 2.32. The van der Waals surface area contributed by atoms with E-state index < -0.39 is 6.04 Å². The van der Waals surface area contributed by atoms with Gasteiger partial charge < -0.3 is 15.5 Å². The summed E-state index contributed by atoms with van der Waals surface area (Å²) in [5.74, 6) is 0.484. The van der Waals surface area contributed by atoms with Crippen molar-refractivity contribution in [1.29, 1.82) is 0 Å². The van der Waals surface area contributed by atoms with Crippen LogP contribution in [0.2, 0.25) is 0 Å². The Bertz CT molecular complexity index is 571. The van der Waals surface area contributed by atoms with Gasteiger partial charge in [-0.25, -0.2) is 0 Å². The summed E-state index contributed by atoms with van der Waals surface area (Å²) < 4.78 is 0. The van der Waals surface area contributed by atoms with Crippen molar-refractivity contribution in [1.82, 2.24) is 9.80 Å². The van der Waals surface area contributed by atoms with Crippen LogP contribution in [0.5, 0.6) is 0 Å². The maximum Gasteiger partial charge on any atom is 0.239 e. The third-order valence-corrected chi connectivity index (χ3v) is 4.76. The van der Waals surface area contributed by atoms with E-state index >= 15 is 0 Å². The van der Waals surface area contributed by atoms with Crippen LogP contribution < -0.4 is 5.73 Å². The zero-order chi connectivity index (χ0) is 16.4. The summed E-state index contributed by atoms with van der Waals surface area (Å²) in [4.78, 5) is 28.5. The fraction of sp³-hybridized carbons (Fsp3) is 0.556. The summed E-state index contributed by atoms with van der Waals surface area (Å²) in [6, 6.07) is 9.40. The predicted octanol–water partition coefficient (Wildman–Crippen LogP) is 1.03. The number of hydrogen-bond donors (Lipinski definition) is 1. The van der Waals surface area contributed by atoms with Crippen LogP contribution >= 0.6 is 0 Å². The quantitative estimate of drug-likeness (QED) is 0.902. The Morgan fingerprint density at radius 3 is 2.52 bits per heavy atom. The Balaban J connectivity index is 1.55. The van der Waals surface area contributed by atoms with Gasteiger partial charge in [0.1, 0.15) is 0 Å². The van der Waals surface area contributed by atoms with E-state index in [2.05, 4.69) is 0 Å². The van der Waals surface area contributed by atoms with E-state index in [9.17, 15) is 9.59 Å². The number of piperazine rings is 1. The average Bonchev–Trinajstić information content (AvgIpc) is 3.39. The molecule has 2 aliphatic rings. The molecule has 1 aliphatic heterocycles. The summed E-state index contributed by atoms with van der Waals surface area (Å²) in [6.45, 7) is 3.81. The highest BCUT2D eigenvalue weighted by molar-refractivity contribution is 5.84.